The molecule has 7 heteroatoms. The number of hydrogen-bond donors (Lipinski definition) is 2. The van der Waals surface area contributed by atoms with Gasteiger partial charge in [0.2, 0.25) is 5.91 Å². The van der Waals surface area contributed by atoms with Crippen LogP contribution in [0, 0.1) is 0 Å². The van der Waals surface area contributed by atoms with Crippen LogP contribution in [0.1, 0.15) is 40.0 Å². The zero-order chi connectivity index (χ0) is 16.9. The van der Waals surface area contributed by atoms with Crippen molar-refractivity contribution in [1.29, 1.82) is 0 Å². The van der Waals surface area contributed by atoms with E-state index in [0.717, 1.165) is 0 Å². The summed E-state index contributed by atoms with van der Waals surface area (Å²) in [5.74, 6) is -1.45. The Morgan fingerprint density at radius 2 is 2.09 bits per heavy atom. The number of rotatable bonds is 5. The minimum Gasteiger partial charge on any atom is -0.480 e. The van der Waals surface area contributed by atoms with E-state index in [1.165, 1.54) is 11.0 Å². The number of carbonyl (C=O) groups excluding carboxylic acids is 2. The van der Waals surface area contributed by atoms with E-state index in [4.69, 9.17) is 9.84 Å². The number of carboxylic acids is 1. The zero-order valence-electron chi connectivity index (χ0n) is 13.3. The van der Waals surface area contributed by atoms with E-state index < -0.39 is 35.7 Å². The number of hydrogen-bond acceptors (Lipinski definition) is 4. The molecule has 2 atom stereocenters. The van der Waals surface area contributed by atoms with Crippen LogP contribution in [0.2, 0.25) is 0 Å². The van der Waals surface area contributed by atoms with Gasteiger partial charge in [-0.1, -0.05) is 6.08 Å². The molecule has 0 radical (unpaired) electrons. The molecule has 0 aromatic heterocycles. The SMILES string of the molecule is C=CC[C@H](NC(=O)OC(C)(C)C)C(=O)N1CCCC1C(=O)O. The van der Waals surface area contributed by atoms with Crippen LogP contribution in [-0.4, -0.2) is 52.2 Å². The lowest BCUT2D eigenvalue weighted by atomic mass is 10.1. The summed E-state index contributed by atoms with van der Waals surface area (Å²) in [6.07, 6.45) is 2.07. The molecule has 2 N–H and O–H groups in total. The van der Waals surface area contributed by atoms with Gasteiger partial charge in [-0.3, -0.25) is 4.79 Å². The van der Waals surface area contributed by atoms with Gasteiger partial charge >= 0.3 is 12.1 Å². The highest BCUT2D eigenvalue weighted by Gasteiger charge is 2.37. The maximum absolute atomic E-state index is 12.5. The van der Waals surface area contributed by atoms with Gasteiger partial charge in [0.25, 0.3) is 0 Å². The van der Waals surface area contributed by atoms with Crippen LogP contribution in [0.5, 0.6) is 0 Å². The molecule has 1 fully saturated rings. The predicted octanol–water partition coefficient (Wildman–Crippen LogP) is 1.53. The van der Waals surface area contributed by atoms with E-state index in [0.29, 0.717) is 19.4 Å². The molecule has 1 unspecified atom stereocenters. The molecule has 0 aromatic carbocycles. The van der Waals surface area contributed by atoms with Gasteiger partial charge < -0.3 is 20.1 Å². The summed E-state index contributed by atoms with van der Waals surface area (Å²) in [7, 11) is 0. The second kappa shape index (κ2) is 7.29. The largest absolute Gasteiger partial charge is 0.480 e. The molecule has 1 heterocycles. The van der Waals surface area contributed by atoms with Crippen molar-refractivity contribution >= 4 is 18.0 Å². The Kier molecular flexibility index (Phi) is 5.96. The Morgan fingerprint density at radius 3 is 2.59 bits per heavy atom. The maximum atomic E-state index is 12.5. The molecule has 2 amide bonds. The summed E-state index contributed by atoms with van der Waals surface area (Å²) >= 11 is 0. The Bertz CT molecular complexity index is 455. The third-order valence-electron chi connectivity index (χ3n) is 3.21. The van der Waals surface area contributed by atoms with Gasteiger partial charge in [0.1, 0.15) is 17.7 Å². The van der Waals surface area contributed by atoms with Crippen LogP contribution >= 0.6 is 0 Å². The van der Waals surface area contributed by atoms with Crippen LogP contribution in [0.15, 0.2) is 12.7 Å². The molecular weight excluding hydrogens is 288 g/mol. The Hall–Kier alpha value is -2.05. The molecule has 0 aliphatic carbocycles. The molecule has 124 valence electrons. The van der Waals surface area contributed by atoms with Crippen molar-refractivity contribution in [1.82, 2.24) is 10.2 Å². The fourth-order valence-electron chi connectivity index (χ4n) is 2.33. The minimum atomic E-state index is -1.03. The van der Waals surface area contributed by atoms with Crippen molar-refractivity contribution in [2.24, 2.45) is 0 Å². The van der Waals surface area contributed by atoms with Gasteiger partial charge in [-0.2, -0.15) is 0 Å². The standard InChI is InChI=1S/C15H24N2O5/c1-5-7-10(16-14(21)22-15(2,3)4)12(18)17-9-6-8-11(17)13(19)20/h5,10-11H,1,6-9H2,2-4H3,(H,16,21)(H,19,20)/t10-,11?/m0/s1. The van der Waals surface area contributed by atoms with Crippen LogP contribution in [0.4, 0.5) is 4.79 Å². The highest BCUT2D eigenvalue weighted by molar-refractivity contribution is 5.89. The molecule has 7 nitrogen and oxygen atoms in total. The summed E-state index contributed by atoms with van der Waals surface area (Å²) in [6, 6.07) is -1.70. The third-order valence-corrected chi connectivity index (χ3v) is 3.21. The van der Waals surface area contributed by atoms with Crippen molar-refractivity contribution in [2.45, 2.75) is 57.7 Å². The smallest absolute Gasteiger partial charge is 0.408 e. The van der Waals surface area contributed by atoms with E-state index in [2.05, 4.69) is 11.9 Å². The maximum Gasteiger partial charge on any atom is 0.408 e. The molecule has 0 spiro atoms. The average molecular weight is 312 g/mol. The van der Waals surface area contributed by atoms with Crippen LogP contribution in [0.25, 0.3) is 0 Å². The minimum absolute atomic E-state index is 0.209. The summed E-state index contributed by atoms with van der Waals surface area (Å²) in [5.41, 5.74) is -0.677. The van der Waals surface area contributed by atoms with Crippen LogP contribution < -0.4 is 5.32 Å². The lowest BCUT2D eigenvalue weighted by Crippen LogP contribution is -2.52. The number of carboxylic acid groups (broad SMARTS) is 1. The molecule has 1 aliphatic heterocycles. The number of ether oxygens (including phenoxy) is 1. The number of carbonyl (C=O) groups is 3. The quantitative estimate of drug-likeness (QED) is 0.751. The van der Waals surface area contributed by atoms with Crippen molar-refractivity contribution in [3.63, 3.8) is 0 Å². The van der Waals surface area contributed by atoms with Crippen molar-refractivity contribution in [3.05, 3.63) is 12.7 Å². The first-order valence-corrected chi connectivity index (χ1v) is 7.29. The third kappa shape index (κ3) is 5.05. The second-order valence-corrected chi connectivity index (χ2v) is 6.25. The zero-order valence-corrected chi connectivity index (χ0v) is 13.3. The molecule has 22 heavy (non-hydrogen) atoms. The van der Waals surface area contributed by atoms with E-state index in [1.807, 2.05) is 0 Å². The van der Waals surface area contributed by atoms with E-state index in [1.54, 1.807) is 20.8 Å². The first-order valence-electron chi connectivity index (χ1n) is 7.29. The molecule has 0 bridgehead atoms. The molecule has 1 saturated heterocycles. The summed E-state index contributed by atoms with van der Waals surface area (Å²) in [6.45, 7) is 9.10. The summed E-state index contributed by atoms with van der Waals surface area (Å²) in [4.78, 5) is 36.8. The van der Waals surface area contributed by atoms with Crippen LogP contribution in [-0.2, 0) is 14.3 Å². The number of likely N-dealkylation sites (tertiary alicyclic amines) is 1. The van der Waals surface area contributed by atoms with Gasteiger partial charge in [0, 0.05) is 6.54 Å². The lowest BCUT2D eigenvalue weighted by molar-refractivity contribution is -0.148. The van der Waals surface area contributed by atoms with Gasteiger partial charge in [0.05, 0.1) is 0 Å². The predicted molar refractivity (Wildman–Crippen MR) is 80.3 cm³/mol. The van der Waals surface area contributed by atoms with Crippen molar-refractivity contribution in [3.8, 4) is 0 Å². The molecular formula is C15H24N2O5. The van der Waals surface area contributed by atoms with E-state index in [-0.39, 0.29) is 6.42 Å². The van der Waals surface area contributed by atoms with Gasteiger partial charge in [-0.25, -0.2) is 9.59 Å². The summed E-state index contributed by atoms with van der Waals surface area (Å²) < 4.78 is 5.13. The monoisotopic (exact) mass is 312 g/mol. The number of nitrogens with zero attached hydrogens (tertiary/aromatic N) is 1. The molecule has 1 rings (SSSR count). The molecule has 0 aromatic rings. The highest BCUT2D eigenvalue weighted by atomic mass is 16.6. The number of nitrogens with one attached hydrogen (secondary N) is 1. The first-order chi connectivity index (χ1) is 10.2. The fourth-order valence-corrected chi connectivity index (χ4v) is 2.33. The van der Waals surface area contributed by atoms with Crippen LogP contribution in [0.3, 0.4) is 0 Å². The first kappa shape index (κ1) is 18.0. The molecule has 1 aliphatic rings. The Balaban J connectivity index is 2.77. The van der Waals surface area contributed by atoms with E-state index >= 15 is 0 Å². The topological polar surface area (TPSA) is 95.9 Å². The number of alkyl carbamates (subject to hydrolysis) is 1. The van der Waals surface area contributed by atoms with E-state index in [9.17, 15) is 14.4 Å². The fraction of sp³-hybridized carbons (Fsp3) is 0.667. The van der Waals surface area contributed by atoms with Crippen molar-refractivity contribution in [2.75, 3.05) is 6.54 Å². The average Bonchev–Trinajstić information content (AvgIpc) is 2.84. The van der Waals surface area contributed by atoms with Gasteiger partial charge in [-0.05, 0) is 40.0 Å². The summed E-state index contributed by atoms with van der Waals surface area (Å²) in [5, 5.41) is 11.6. The highest BCUT2D eigenvalue weighted by Crippen LogP contribution is 2.19. The van der Waals surface area contributed by atoms with Gasteiger partial charge in [0.15, 0.2) is 0 Å². The normalized spacial score (nSPS) is 19.4. The lowest BCUT2D eigenvalue weighted by Gasteiger charge is -2.28. The van der Waals surface area contributed by atoms with Gasteiger partial charge in [-0.15, -0.1) is 6.58 Å². The van der Waals surface area contributed by atoms with Crippen molar-refractivity contribution < 1.29 is 24.2 Å². The molecule has 0 saturated carbocycles. The Morgan fingerprint density at radius 1 is 1.45 bits per heavy atom. The number of aliphatic carboxylic acids is 1. The Labute approximate surface area is 130 Å². The number of amides is 2. The second-order valence-electron chi connectivity index (χ2n) is 6.25.